The van der Waals surface area contributed by atoms with Gasteiger partial charge in [-0.1, -0.05) is 13.0 Å². The Balaban J connectivity index is 3.01. The Morgan fingerprint density at radius 2 is 2.19 bits per heavy atom. The minimum atomic E-state index is -0.979. The van der Waals surface area contributed by atoms with Crippen molar-refractivity contribution in [1.29, 1.82) is 5.26 Å². The third-order valence-electron chi connectivity index (χ3n) is 2.91. The highest BCUT2D eigenvalue weighted by atomic mass is 16.5. The molecular formula is C15H20N2O4. The molecule has 0 saturated heterocycles. The molecule has 6 nitrogen and oxygen atoms in total. The monoisotopic (exact) mass is 292 g/mol. The van der Waals surface area contributed by atoms with Crippen molar-refractivity contribution in [3.63, 3.8) is 0 Å². The van der Waals surface area contributed by atoms with E-state index in [1.54, 1.807) is 25.2 Å². The highest BCUT2D eigenvalue weighted by molar-refractivity contribution is 5.69. The molecular weight excluding hydrogens is 272 g/mol. The zero-order valence-corrected chi connectivity index (χ0v) is 12.5. The van der Waals surface area contributed by atoms with Gasteiger partial charge in [-0.2, -0.15) is 5.26 Å². The Kier molecular flexibility index (Phi) is 6.50. The molecule has 114 valence electrons. The Bertz CT molecular complexity index is 525. The second kappa shape index (κ2) is 8.12. The Morgan fingerprint density at radius 1 is 1.48 bits per heavy atom. The maximum absolute atomic E-state index is 10.8. The average Bonchev–Trinajstić information content (AvgIpc) is 2.45. The lowest BCUT2D eigenvalue weighted by Crippen LogP contribution is -2.29. The van der Waals surface area contributed by atoms with Crippen LogP contribution in [0.25, 0.3) is 0 Å². The van der Waals surface area contributed by atoms with E-state index in [9.17, 15) is 10.1 Å². The van der Waals surface area contributed by atoms with Gasteiger partial charge in [-0.05, 0) is 31.2 Å². The second-order valence-corrected chi connectivity index (χ2v) is 4.60. The van der Waals surface area contributed by atoms with E-state index in [-0.39, 0.29) is 6.54 Å². The summed E-state index contributed by atoms with van der Waals surface area (Å²) in [5, 5.41) is 18.1. The van der Waals surface area contributed by atoms with Gasteiger partial charge in [-0.3, -0.25) is 9.69 Å². The smallest absolute Gasteiger partial charge is 0.317 e. The fourth-order valence-corrected chi connectivity index (χ4v) is 1.92. The number of methoxy groups -OCH3 is 1. The maximum Gasteiger partial charge on any atom is 0.317 e. The average molecular weight is 292 g/mol. The second-order valence-electron chi connectivity index (χ2n) is 4.60. The molecule has 0 bridgehead atoms. The molecule has 1 aromatic rings. The van der Waals surface area contributed by atoms with Crippen LogP contribution in [0.4, 0.5) is 0 Å². The number of ether oxygens (including phenoxy) is 2. The standard InChI is InChI=1S/C15H20N2O4/c1-4-7-21-13-6-5-11(8-14(13)20-3)12(9-16)17(2)10-15(18)19/h5-6,8,12H,4,7,10H2,1-3H3,(H,18,19). The number of carboxylic acid groups (broad SMARTS) is 1. The van der Waals surface area contributed by atoms with Crippen molar-refractivity contribution < 1.29 is 19.4 Å². The van der Waals surface area contributed by atoms with Crippen molar-refractivity contribution >= 4 is 5.97 Å². The van der Waals surface area contributed by atoms with Gasteiger partial charge < -0.3 is 14.6 Å². The molecule has 0 aliphatic carbocycles. The third kappa shape index (κ3) is 4.65. The molecule has 0 spiro atoms. The lowest BCUT2D eigenvalue weighted by atomic mass is 10.1. The van der Waals surface area contributed by atoms with E-state index in [0.29, 0.717) is 23.7 Å². The summed E-state index contributed by atoms with van der Waals surface area (Å²) in [7, 11) is 3.12. The van der Waals surface area contributed by atoms with Crippen LogP contribution in [0.2, 0.25) is 0 Å². The molecule has 0 heterocycles. The summed E-state index contributed by atoms with van der Waals surface area (Å²) in [6.45, 7) is 2.37. The zero-order valence-electron chi connectivity index (χ0n) is 12.5. The van der Waals surface area contributed by atoms with Crippen LogP contribution in [-0.4, -0.2) is 43.3 Å². The van der Waals surface area contributed by atoms with Crippen molar-refractivity contribution in [1.82, 2.24) is 4.90 Å². The van der Waals surface area contributed by atoms with E-state index in [1.807, 2.05) is 6.92 Å². The van der Waals surface area contributed by atoms with Crippen molar-refractivity contribution in [2.24, 2.45) is 0 Å². The number of hydrogen-bond donors (Lipinski definition) is 1. The van der Waals surface area contributed by atoms with Crippen molar-refractivity contribution in [2.45, 2.75) is 19.4 Å². The van der Waals surface area contributed by atoms with Gasteiger partial charge in [0.05, 0.1) is 26.3 Å². The molecule has 0 aromatic heterocycles. The normalized spacial score (nSPS) is 11.8. The van der Waals surface area contributed by atoms with Gasteiger partial charge in [0.2, 0.25) is 0 Å². The summed E-state index contributed by atoms with van der Waals surface area (Å²) in [6, 6.07) is 6.64. The van der Waals surface area contributed by atoms with Crippen LogP contribution in [0.5, 0.6) is 11.5 Å². The molecule has 0 saturated carbocycles. The van der Waals surface area contributed by atoms with Crippen LogP contribution < -0.4 is 9.47 Å². The van der Waals surface area contributed by atoms with E-state index in [2.05, 4.69) is 6.07 Å². The largest absolute Gasteiger partial charge is 0.493 e. The van der Waals surface area contributed by atoms with Gasteiger partial charge in [0, 0.05) is 0 Å². The summed E-state index contributed by atoms with van der Waals surface area (Å²) in [4.78, 5) is 12.2. The van der Waals surface area contributed by atoms with E-state index in [0.717, 1.165) is 6.42 Å². The number of hydrogen-bond acceptors (Lipinski definition) is 5. The van der Waals surface area contributed by atoms with Gasteiger partial charge >= 0.3 is 5.97 Å². The molecule has 1 atom stereocenters. The van der Waals surface area contributed by atoms with Crippen LogP contribution in [-0.2, 0) is 4.79 Å². The molecule has 0 amide bonds. The first-order valence-corrected chi connectivity index (χ1v) is 6.65. The molecule has 1 unspecified atom stereocenters. The summed E-state index contributed by atoms with van der Waals surface area (Å²) in [6.07, 6.45) is 0.882. The first kappa shape index (κ1) is 16.8. The lowest BCUT2D eigenvalue weighted by molar-refractivity contribution is -0.138. The summed E-state index contributed by atoms with van der Waals surface area (Å²) in [5.74, 6) is 0.165. The number of benzene rings is 1. The van der Waals surface area contributed by atoms with E-state index in [1.165, 1.54) is 12.0 Å². The first-order chi connectivity index (χ1) is 10.0. The molecule has 6 heteroatoms. The minimum absolute atomic E-state index is 0.214. The SMILES string of the molecule is CCCOc1ccc(C(C#N)N(C)CC(=O)O)cc1OC. The molecule has 21 heavy (non-hydrogen) atoms. The number of nitriles is 1. The molecule has 0 aliphatic rings. The van der Waals surface area contributed by atoms with Crippen LogP contribution in [0.1, 0.15) is 24.9 Å². The van der Waals surface area contributed by atoms with Gasteiger partial charge in [0.1, 0.15) is 6.04 Å². The molecule has 0 radical (unpaired) electrons. The maximum atomic E-state index is 10.8. The van der Waals surface area contributed by atoms with Gasteiger partial charge in [0.25, 0.3) is 0 Å². The van der Waals surface area contributed by atoms with Crippen molar-refractivity contribution in [2.75, 3.05) is 27.3 Å². The molecule has 0 aliphatic heterocycles. The van der Waals surface area contributed by atoms with Gasteiger partial charge in [-0.15, -0.1) is 0 Å². The van der Waals surface area contributed by atoms with E-state index >= 15 is 0 Å². The Labute approximate surface area is 124 Å². The predicted octanol–water partition coefficient (Wildman–Crippen LogP) is 2.07. The minimum Gasteiger partial charge on any atom is -0.493 e. The molecule has 0 fully saturated rings. The highest BCUT2D eigenvalue weighted by Crippen LogP contribution is 2.31. The predicted molar refractivity (Wildman–Crippen MR) is 77.4 cm³/mol. The highest BCUT2D eigenvalue weighted by Gasteiger charge is 2.20. The number of rotatable bonds is 8. The van der Waals surface area contributed by atoms with Gasteiger partial charge in [0.15, 0.2) is 11.5 Å². The molecule has 1 aromatic carbocycles. The quantitative estimate of drug-likeness (QED) is 0.789. The van der Waals surface area contributed by atoms with Gasteiger partial charge in [-0.25, -0.2) is 0 Å². The van der Waals surface area contributed by atoms with Crippen LogP contribution in [0.3, 0.4) is 0 Å². The number of likely N-dealkylation sites (N-methyl/N-ethyl adjacent to an activating group) is 1. The van der Waals surface area contributed by atoms with Crippen LogP contribution in [0, 0.1) is 11.3 Å². The fourth-order valence-electron chi connectivity index (χ4n) is 1.92. The number of carboxylic acids is 1. The number of nitrogens with zero attached hydrogens (tertiary/aromatic N) is 2. The Morgan fingerprint density at radius 3 is 2.71 bits per heavy atom. The third-order valence-corrected chi connectivity index (χ3v) is 2.91. The summed E-state index contributed by atoms with van der Waals surface area (Å²) < 4.78 is 10.8. The van der Waals surface area contributed by atoms with Crippen LogP contribution in [0.15, 0.2) is 18.2 Å². The van der Waals surface area contributed by atoms with E-state index in [4.69, 9.17) is 14.6 Å². The van der Waals surface area contributed by atoms with E-state index < -0.39 is 12.0 Å². The van der Waals surface area contributed by atoms with Crippen molar-refractivity contribution in [3.8, 4) is 17.6 Å². The van der Waals surface area contributed by atoms with Crippen molar-refractivity contribution in [3.05, 3.63) is 23.8 Å². The Hall–Kier alpha value is -2.26. The zero-order chi connectivity index (χ0) is 15.8. The molecule has 1 rings (SSSR count). The topological polar surface area (TPSA) is 82.8 Å². The number of aliphatic carboxylic acids is 1. The first-order valence-electron chi connectivity index (χ1n) is 6.65. The van der Waals surface area contributed by atoms with Crippen LogP contribution >= 0.6 is 0 Å². The number of carbonyl (C=O) groups is 1. The fraction of sp³-hybridized carbons (Fsp3) is 0.467. The lowest BCUT2D eigenvalue weighted by Gasteiger charge is -2.21. The molecule has 1 N–H and O–H groups in total. The summed E-state index contributed by atoms with van der Waals surface area (Å²) >= 11 is 0. The summed E-state index contributed by atoms with van der Waals surface area (Å²) in [5.41, 5.74) is 0.668.